The minimum Gasteiger partial charge on any atom is -0.494 e. The Morgan fingerprint density at radius 2 is 2.05 bits per heavy atom. The molecule has 0 saturated heterocycles. The predicted molar refractivity (Wildman–Crippen MR) is 86.7 cm³/mol. The van der Waals surface area contributed by atoms with E-state index in [-0.39, 0.29) is 0 Å². The first-order valence-corrected chi connectivity index (χ1v) is 7.03. The van der Waals surface area contributed by atoms with Crippen molar-refractivity contribution in [3.05, 3.63) is 47.3 Å². The average Bonchev–Trinajstić information content (AvgIpc) is 2.75. The van der Waals surface area contributed by atoms with Gasteiger partial charge in [0.1, 0.15) is 5.75 Å². The second-order valence-electron chi connectivity index (χ2n) is 4.82. The molecule has 0 spiro atoms. The Morgan fingerprint density at radius 3 is 2.64 bits per heavy atom. The predicted octanol–water partition coefficient (Wildman–Crippen LogP) is 2.50. The molecule has 0 saturated carbocycles. The van der Waals surface area contributed by atoms with Crippen LogP contribution in [0.15, 0.2) is 35.4 Å². The van der Waals surface area contributed by atoms with E-state index >= 15 is 0 Å². The third-order valence-electron chi connectivity index (χ3n) is 3.25. The van der Waals surface area contributed by atoms with Crippen molar-refractivity contribution in [3.8, 4) is 11.4 Å². The van der Waals surface area contributed by atoms with Gasteiger partial charge in [0, 0.05) is 22.6 Å². The third-order valence-corrected chi connectivity index (χ3v) is 3.25. The SMILES string of the molecule is CCOc1ccc(-n2c(C)cc(/C=N\NC(N)=O)c2C)cc1. The lowest BCUT2D eigenvalue weighted by molar-refractivity contribution is 0.249. The van der Waals surface area contributed by atoms with Gasteiger partial charge in [-0.2, -0.15) is 5.10 Å². The van der Waals surface area contributed by atoms with Gasteiger partial charge in [0.15, 0.2) is 0 Å². The number of carbonyl (C=O) groups excluding carboxylic acids is 1. The van der Waals surface area contributed by atoms with Gasteiger partial charge < -0.3 is 15.0 Å². The second-order valence-corrected chi connectivity index (χ2v) is 4.82. The van der Waals surface area contributed by atoms with Crippen molar-refractivity contribution in [2.75, 3.05) is 6.61 Å². The fourth-order valence-electron chi connectivity index (χ4n) is 2.34. The number of benzene rings is 1. The van der Waals surface area contributed by atoms with Gasteiger partial charge in [-0.25, -0.2) is 10.2 Å². The zero-order valence-electron chi connectivity index (χ0n) is 13.0. The molecule has 0 radical (unpaired) electrons. The Morgan fingerprint density at radius 1 is 1.36 bits per heavy atom. The number of hydrogen-bond donors (Lipinski definition) is 2. The molecule has 2 aromatic rings. The Labute approximate surface area is 129 Å². The molecule has 6 heteroatoms. The molecular formula is C16H20N4O2. The summed E-state index contributed by atoms with van der Waals surface area (Å²) in [4.78, 5) is 10.6. The molecular weight excluding hydrogens is 280 g/mol. The van der Waals surface area contributed by atoms with Gasteiger partial charge in [0.25, 0.3) is 0 Å². The largest absolute Gasteiger partial charge is 0.494 e. The van der Waals surface area contributed by atoms with Gasteiger partial charge in [-0.3, -0.25) is 0 Å². The summed E-state index contributed by atoms with van der Waals surface area (Å²) in [5.74, 6) is 0.848. The summed E-state index contributed by atoms with van der Waals surface area (Å²) < 4.78 is 7.57. The van der Waals surface area contributed by atoms with Crippen molar-refractivity contribution in [2.24, 2.45) is 10.8 Å². The van der Waals surface area contributed by atoms with E-state index in [1.807, 2.05) is 51.1 Å². The number of nitrogens with two attached hydrogens (primary N) is 1. The second kappa shape index (κ2) is 6.80. The number of ether oxygens (including phenoxy) is 1. The van der Waals surface area contributed by atoms with Crippen LogP contribution < -0.4 is 15.9 Å². The van der Waals surface area contributed by atoms with Crippen LogP contribution in [0.4, 0.5) is 4.79 Å². The summed E-state index contributed by atoms with van der Waals surface area (Å²) in [6.07, 6.45) is 1.58. The molecule has 0 aliphatic carbocycles. The van der Waals surface area contributed by atoms with Crippen LogP contribution in [-0.4, -0.2) is 23.4 Å². The highest BCUT2D eigenvalue weighted by Gasteiger charge is 2.09. The molecule has 6 nitrogen and oxygen atoms in total. The molecule has 0 unspecified atom stereocenters. The minimum absolute atomic E-state index is 0.647. The van der Waals surface area contributed by atoms with E-state index in [0.717, 1.165) is 28.4 Å². The van der Waals surface area contributed by atoms with Crippen LogP contribution in [0.2, 0.25) is 0 Å². The number of nitrogens with one attached hydrogen (secondary N) is 1. The number of hydrogen-bond acceptors (Lipinski definition) is 3. The quantitative estimate of drug-likeness (QED) is 0.657. The fourth-order valence-corrected chi connectivity index (χ4v) is 2.34. The highest BCUT2D eigenvalue weighted by atomic mass is 16.5. The van der Waals surface area contributed by atoms with Gasteiger partial charge in [-0.15, -0.1) is 0 Å². The van der Waals surface area contributed by atoms with Gasteiger partial charge in [-0.05, 0) is 51.1 Å². The van der Waals surface area contributed by atoms with Crippen molar-refractivity contribution in [1.29, 1.82) is 0 Å². The van der Waals surface area contributed by atoms with Crippen molar-refractivity contribution in [1.82, 2.24) is 9.99 Å². The highest BCUT2D eigenvalue weighted by Crippen LogP contribution is 2.22. The third kappa shape index (κ3) is 3.46. The van der Waals surface area contributed by atoms with Crippen LogP contribution in [0.3, 0.4) is 0 Å². The molecule has 1 aromatic carbocycles. The van der Waals surface area contributed by atoms with Crippen molar-refractivity contribution in [2.45, 2.75) is 20.8 Å². The van der Waals surface area contributed by atoms with Crippen LogP contribution >= 0.6 is 0 Å². The highest BCUT2D eigenvalue weighted by molar-refractivity contribution is 5.83. The number of nitrogens with zero attached hydrogens (tertiary/aromatic N) is 2. The number of urea groups is 1. The van der Waals surface area contributed by atoms with E-state index in [9.17, 15) is 4.79 Å². The molecule has 1 heterocycles. The van der Waals surface area contributed by atoms with Crippen molar-refractivity contribution < 1.29 is 9.53 Å². The Balaban J connectivity index is 2.29. The summed E-state index contributed by atoms with van der Waals surface area (Å²) in [7, 11) is 0. The Hall–Kier alpha value is -2.76. The molecule has 0 fully saturated rings. The number of amides is 2. The number of aryl methyl sites for hydroxylation is 1. The Bertz CT molecular complexity index is 687. The molecule has 0 aliphatic heterocycles. The molecule has 22 heavy (non-hydrogen) atoms. The number of primary amides is 1. The first-order valence-electron chi connectivity index (χ1n) is 7.03. The number of hydrazone groups is 1. The molecule has 2 rings (SSSR count). The lowest BCUT2D eigenvalue weighted by Gasteiger charge is -2.10. The maximum absolute atomic E-state index is 10.6. The number of carbonyl (C=O) groups is 1. The van der Waals surface area contributed by atoms with Crippen LogP contribution in [0.25, 0.3) is 5.69 Å². The summed E-state index contributed by atoms with van der Waals surface area (Å²) in [5.41, 5.74) is 11.2. The lowest BCUT2D eigenvalue weighted by atomic mass is 10.2. The normalized spacial score (nSPS) is 10.9. The maximum Gasteiger partial charge on any atom is 0.332 e. The van der Waals surface area contributed by atoms with E-state index in [1.165, 1.54) is 0 Å². The van der Waals surface area contributed by atoms with Gasteiger partial charge in [-0.1, -0.05) is 0 Å². The van der Waals surface area contributed by atoms with Crippen LogP contribution in [0.5, 0.6) is 5.75 Å². The van der Waals surface area contributed by atoms with Crippen LogP contribution in [0.1, 0.15) is 23.9 Å². The lowest BCUT2D eigenvalue weighted by Crippen LogP contribution is -2.24. The van der Waals surface area contributed by atoms with E-state index < -0.39 is 6.03 Å². The summed E-state index contributed by atoms with van der Waals surface area (Å²) in [6.45, 7) is 6.62. The molecule has 116 valence electrons. The Kier molecular flexibility index (Phi) is 4.83. The van der Waals surface area contributed by atoms with Gasteiger partial charge in [0.05, 0.1) is 12.8 Å². The topological polar surface area (TPSA) is 81.6 Å². The fraction of sp³-hybridized carbons (Fsp3) is 0.250. The maximum atomic E-state index is 10.6. The van der Waals surface area contributed by atoms with E-state index in [1.54, 1.807) is 6.21 Å². The standard InChI is InChI=1S/C16H20N4O2/c1-4-22-15-7-5-14(6-8-15)20-11(2)9-13(12(20)3)10-18-19-16(17)21/h5-10H,4H2,1-3H3,(H3,17,19,21)/b18-10-. The zero-order chi connectivity index (χ0) is 16.1. The van der Waals surface area contributed by atoms with Crippen molar-refractivity contribution >= 4 is 12.2 Å². The first-order chi connectivity index (χ1) is 10.5. The van der Waals surface area contributed by atoms with E-state index in [4.69, 9.17) is 10.5 Å². The monoisotopic (exact) mass is 300 g/mol. The number of aromatic nitrogens is 1. The minimum atomic E-state index is -0.684. The summed E-state index contributed by atoms with van der Waals surface area (Å²) in [5, 5.41) is 3.81. The first kappa shape index (κ1) is 15.6. The molecule has 0 aliphatic rings. The average molecular weight is 300 g/mol. The summed E-state index contributed by atoms with van der Waals surface area (Å²) in [6, 6.07) is 9.22. The van der Waals surface area contributed by atoms with Gasteiger partial charge >= 0.3 is 6.03 Å². The zero-order valence-corrected chi connectivity index (χ0v) is 13.0. The van der Waals surface area contributed by atoms with Crippen LogP contribution in [0, 0.1) is 13.8 Å². The van der Waals surface area contributed by atoms with E-state index in [2.05, 4.69) is 15.1 Å². The van der Waals surface area contributed by atoms with Crippen LogP contribution in [-0.2, 0) is 0 Å². The smallest absolute Gasteiger partial charge is 0.332 e. The molecule has 2 amide bonds. The number of rotatable bonds is 5. The molecule has 0 atom stereocenters. The summed E-state index contributed by atoms with van der Waals surface area (Å²) >= 11 is 0. The van der Waals surface area contributed by atoms with Gasteiger partial charge in [0.2, 0.25) is 0 Å². The van der Waals surface area contributed by atoms with Crippen molar-refractivity contribution in [3.63, 3.8) is 0 Å². The molecule has 1 aromatic heterocycles. The van der Waals surface area contributed by atoms with E-state index in [0.29, 0.717) is 6.61 Å². The molecule has 0 bridgehead atoms. The molecule has 3 N–H and O–H groups in total.